The molecule has 0 aliphatic rings. The highest BCUT2D eigenvalue weighted by Gasteiger charge is 2.12. The first-order valence-electron chi connectivity index (χ1n) is 7.42. The molecule has 3 aromatic rings. The lowest BCUT2D eigenvalue weighted by Gasteiger charge is -2.16. The number of methoxy groups -OCH3 is 2. The van der Waals surface area contributed by atoms with Gasteiger partial charge in [-0.05, 0) is 24.3 Å². The zero-order valence-electron chi connectivity index (χ0n) is 13.8. The Kier molecular flexibility index (Phi) is 4.62. The van der Waals surface area contributed by atoms with Gasteiger partial charge in [0.05, 0.1) is 25.6 Å². The van der Waals surface area contributed by atoms with Gasteiger partial charge in [-0.25, -0.2) is 20.6 Å². The zero-order valence-corrected chi connectivity index (χ0v) is 13.8. The summed E-state index contributed by atoms with van der Waals surface area (Å²) in [6.07, 6.45) is 1.37. The molecule has 8 nitrogen and oxygen atoms in total. The lowest BCUT2D eigenvalue weighted by Crippen LogP contribution is -2.31. The van der Waals surface area contributed by atoms with Crippen molar-refractivity contribution in [3.63, 3.8) is 0 Å². The van der Waals surface area contributed by atoms with E-state index in [0.29, 0.717) is 22.9 Å². The van der Waals surface area contributed by atoms with Crippen LogP contribution in [0.25, 0.3) is 5.69 Å². The minimum atomic E-state index is -0.511. The van der Waals surface area contributed by atoms with Gasteiger partial charge in [-0.2, -0.15) is 4.98 Å². The summed E-state index contributed by atoms with van der Waals surface area (Å²) in [5, 5.41) is 1.25. The Balaban J connectivity index is 1.97. The lowest BCUT2D eigenvalue weighted by molar-refractivity contribution is 0.355. The molecule has 0 radical (unpaired) electrons. The molecule has 3 rings (SSSR count). The standard InChI is InChI=1S/C17H17N5O3/c1-24-14-9-8-13(10-15(14)25-2)21-11-19-16(20-17(21)23)22(18)12-6-4-3-5-7-12/h3-11H,18H2,1-2H3. The van der Waals surface area contributed by atoms with Crippen LogP contribution in [-0.2, 0) is 0 Å². The molecule has 0 unspecified atom stereocenters. The van der Waals surface area contributed by atoms with Crippen LogP contribution in [0, 0.1) is 0 Å². The summed E-state index contributed by atoms with van der Waals surface area (Å²) < 4.78 is 11.7. The number of anilines is 2. The Morgan fingerprint density at radius 3 is 2.40 bits per heavy atom. The molecule has 0 amide bonds. The molecule has 0 aliphatic heterocycles. The summed E-state index contributed by atoms with van der Waals surface area (Å²) in [5.74, 6) is 7.15. The number of hydrogen-bond donors (Lipinski definition) is 1. The SMILES string of the molecule is COc1ccc(-n2cnc(N(N)c3ccccc3)nc2=O)cc1OC. The van der Waals surface area contributed by atoms with Gasteiger partial charge in [0.2, 0.25) is 0 Å². The number of hydrazine groups is 1. The number of hydrogen-bond acceptors (Lipinski definition) is 7. The Morgan fingerprint density at radius 2 is 1.76 bits per heavy atom. The van der Waals surface area contributed by atoms with E-state index in [-0.39, 0.29) is 5.95 Å². The zero-order chi connectivity index (χ0) is 17.8. The van der Waals surface area contributed by atoms with Gasteiger partial charge in [-0.1, -0.05) is 18.2 Å². The minimum absolute atomic E-state index is 0.105. The molecule has 8 heteroatoms. The number of para-hydroxylation sites is 1. The van der Waals surface area contributed by atoms with E-state index in [4.69, 9.17) is 15.3 Å². The summed E-state index contributed by atoms with van der Waals surface area (Å²) in [7, 11) is 3.07. The third kappa shape index (κ3) is 3.29. The molecule has 1 heterocycles. The smallest absolute Gasteiger partial charge is 0.356 e. The summed E-state index contributed by atoms with van der Waals surface area (Å²) in [4.78, 5) is 20.5. The Morgan fingerprint density at radius 1 is 1.04 bits per heavy atom. The molecule has 1 aromatic heterocycles. The number of benzene rings is 2. The monoisotopic (exact) mass is 339 g/mol. The van der Waals surface area contributed by atoms with Crippen LogP contribution in [0.5, 0.6) is 11.5 Å². The van der Waals surface area contributed by atoms with Crippen LogP contribution < -0.4 is 26.0 Å². The van der Waals surface area contributed by atoms with Crippen molar-refractivity contribution in [2.24, 2.45) is 5.84 Å². The fourth-order valence-electron chi connectivity index (χ4n) is 2.30. The van der Waals surface area contributed by atoms with Crippen LogP contribution in [0.15, 0.2) is 59.7 Å². The maximum Gasteiger partial charge on any atom is 0.356 e. The second kappa shape index (κ2) is 7.02. The van der Waals surface area contributed by atoms with E-state index in [0.717, 1.165) is 0 Å². The first kappa shape index (κ1) is 16.5. The number of rotatable bonds is 5. The number of nitrogens with two attached hydrogens (primary N) is 1. The molecule has 0 fully saturated rings. The van der Waals surface area contributed by atoms with Gasteiger partial charge in [0, 0.05) is 6.07 Å². The van der Waals surface area contributed by atoms with Crippen LogP contribution >= 0.6 is 0 Å². The topological polar surface area (TPSA) is 95.5 Å². The predicted molar refractivity (Wildman–Crippen MR) is 93.5 cm³/mol. The van der Waals surface area contributed by atoms with Crippen molar-refractivity contribution >= 4 is 11.6 Å². The molecule has 25 heavy (non-hydrogen) atoms. The molecule has 2 aromatic carbocycles. The van der Waals surface area contributed by atoms with Crippen LogP contribution in [0.4, 0.5) is 11.6 Å². The van der Waals surface area contributed by atoms with Crippen molar-refractivity contribution in [2.75, 3.05) is 19.2 Å². The Hall–Kier alpha value is -3.39. The van der Waals surface area contributed by atoms with Gasteiger partial charge in [0.25, 0.3) is 5.95 Å². The van der Waals surface area contributed by atoms with E-state index >= 15 is 0 Å². The normalized spacial score (nSPS) is 10.4. The van der Waals surface area contributed by atoms with Gasteiger partial charge in [0.15, 0.2) is 11.5 Å². The van der Waals surface area contributed by atoms with Gasteiger partial charge >= 0.3 is 5.69 Å². The molecule has 128 valence electrons. The van der Waals surface area contributed by atoms with Crippen LogP contribution in [-0.4, -0.2) is 28.8 Å². The van der Waals surface area contributed by atoms with Crippen LogP contribution in [0.2, 0.25) is 0 Å². The van der Waals surface area contributed by atoms with Gasteiger partial charge in [-0.15, -0.1) is 0 Å². The third-order valence-corrected chi connectivity index (χ3v) is 3.59. The third-order valence-electron chi connectivity index (χ3n) is 3.59. The van der Waals surface area contributed by atoms with Crippen LogP contribution in [0.3, 0.4) is 0 Å². The Bertz CT molecular complexity index is 927. The number of aromatic nitrogens is 3. The van der Waals surface area contributed by atoms with E-state index in [1.54, 1.807) is 37.4 Å². The van der Waals surface area contributed by atoms with Crippen molar-refractivity contribution in [1.82, 2.24) is 14.5 Å². The van der Waals surface area contributed by atoms with Crippen LogP contribution in [0.1, 0.15) is 0 Å². The first-order valence-corrected chi connectivity index (χ1v) is 7.42. The average Bonchev–Trinajstić information content (AvgIpc) is 2.67. The van der Waals surface area contributed by atoms with Crippen molar-refractivity contribution in [1.29, 1.82) is 0 Å². The van der Waals surface area contributed by atoms with Crippen molar-refractivity contribution in [3.05, 3.63) is 65.3 Å². The highest BCUT2D eigenvalue weighted by Crippen LogP contribution is 2.28. The van der Waals surface area contributed by atoms with E-state index in [9.17, 15) is 4.79 Å². The van der Waals surface area contributed by atoms with E-state index < -0.39 is 5.69 Å². The maximum absolute atomic E-state index is 12.4. The second-order valence-corrected chi connectivity index (χ2v) is 5.05. The fraction of sp³-hybridized carbons (Fsp3) is 0.118. The van der Waals surface area contributed by atoms with Gasteiger partial charge < -0.3 is 9.47 Å². The van der Waals surface area contributed by atoms with E-state index in [1.807, 2.05) is 18.2 Å². The molecule has 0 saturated carbocycles. The first-order chi connectivity index (χ1) is 12.1. The quantitative estimate of drug-likeness (QED) is 0.558. The summed E-state index contributed by atoms with van der Waals surface area (Å²) in [6, 6.07) is 14.2. The van der Waals surface area contributed by atoms with Crippen molar-refractivity contribution < 1.29 is 9.47 Å². The second-order valence-electron chi connectivity index (χ2n) is 5.05. The molecule has 2 N–H and O–H groups in total. The largest absolute Gasteiger partial charge is 0.493 e. The van der Waals surface area contributed by atoms with E-state index in [2.05, 4.69) is 9.97 Å². The highest BCUT2D eigenvalue weighted by atomic mass is 16.5. The highest BCUT2D eigenvalue weighted by molar-refractivity contribution is 5.54. The molecule has 0 aliphatic carbocycles. The van der Waals surface area contributed by atoms with Crippen molar-refractivity contribution in [3.8, 4) is 17.2 Å². The van der Waals surface area contributed by atoms with Gasteiger partial charge in [0.1, 0.15) is 6.33 Å². The predicted octanol–water partition coefficient (Wildman–Crippen LogP) is 1.66. The van der Waals surface area contributed by atoms with E-state index in [1.165, 1.54) is 23.0 Å². The number of ether oxygens (including phenoxy) is 2. The molecular weight excluding hydrogens is 322 g/mol. The van der Waals surface area contributed by atoms with Crippen molar-refractivity contribution in [2.45, 2.75) is 0 Å². The van der Waals surface area contributed by atoms with Gasteiger partial charge in [-0.3, -0.25) is 4.57 Å². The summed E-state index contributed by atoms with van der Waals surface area (Å²) in [6.45, 7) is 0. The number of nitrogens with zero attached hydrogens (tertiary/aromatic N) is 4. The summed E-state index contributed by atoms with van der Waals surface area (Å²) >= 11 is 0. The molecule has 0 saturated heterocycles. The molecule has 0 atom stereocenters. The summed E-state index contributed by atoms with van der Waals surface area (Å²) in [5.41, 5.74) is 0.715. The minimum Gasteiger partial charge on any atom is -0.493 e. The maximum atomic E-state index is 12.4. The molecular formula is C17H17N5O3. The average molecular weight is 339 g/mol. The molecule has 0 bridgehead atoms. The lowest BCUT2D eigenvalue weighted by atomic mass is 10.2. The Labute approximate surface area is 144 Å². The fourth-order valence-corrected chi connectivity index (χ4v) is 2.30. The molecule has 0 spiro atoms.